The molecule has 0 spiro atoms. The zero-order chi connectivity index (χ0) is 15.3. The van der Waals surface area contributed by atoms with Gasteiger partial charge in [0.05, 0.1) is 14.2 Å². The fraction of sp³-hybridized carbons (Fsp3) is 0.286. The molecule has 0 radical (unpaired) electrons. The first-order chi connectivity index (χ1) is 10.1. The molecule has 114 valence electrons. The molecule has 0 saturated heterocycles. The van der Waals surface area contributed by atoms with Gasteiger partial charge in [-0.3, -0.25) is 0 Å². The minimum absolute atomic E-state index is 0.308. The third kappa shape index (κ3) is 3.96. The Bertz CT molecular complexity index is 681. The molecule has 5 nitrogen and oxygen atoms in total. The number of methoxy groups -OCH3 is 2. The van der Waals surface area contributed by atoms with E-state index in [9.17, 15) is 8.42 Å². The van der Waals surface area contributed by atoms with E-state index in [1.165, 1.54) is 11.3 Å². The van der Waals surface area contributed by atoms with E-state index < -0.39 is 10.0 Å². The van der Waals surface area contributed by atoms with Crippen LogP contribution in [0.3, 0.4) is 0 Å². The van der Waals surface area contributed by atoms with Crippen LogP contribution in [0.4, 0.5) is 0 Å². The van der Waals surface area contributed by atoms with Crippen LogP contribution in [0.2, 0.25) is 0 Å². The topological polar surface area (TPSA) is 64.6 Å². The maximum atomic E-state index is 12.0. The van der Waals surface area contributed by atoms with E-state index >= 15 is 0 Å². The van der Waals surface area contributed by atoms with Crippen molar-refractivity contribution in [2.45, 2.75) is 10.6 Å². The molecular weight excluding hydrogens is 310 g/mol. The highest BCUT2D eigenvalue weighted by atomic mass is 32.2. The van der Waals surface area contributed by atoms with Crippen LogP contribution in [0.1, 0.15) is 5.56 Å². The van der Waals surface area contributed by atoms with Gasteiger partial charge in [-0.1, -0.05) is 12.1 Å². The summed E-state index contributed by atoms with van der Waals surface area (Å²) in [5.41, 5.74) is 0.923. The van der Waals surface area contributed by atoms with Crippen molar-refractivity contribution in [3.8, 4) is 11.5 Å². The Morgan fingerprint density at radius 2 is 2.00 bits per heavy atom. The van der Waals surface area contributed by atoms with E-state index in [-0.39, 0.29) is 0 Å². The number of ether oxygens (including phenoxy) is 2. The van der Waals surface area contributed by atoms with Crippen molar-refractivity contribution < 1.29 is 17.9 Å². The van der Waals surface area contributed by atoms with Gasteiger partial charge in [0.2, 0.25) is 10.0 Å². The highest BCUT2D eigenvalue weighted by Gasteiger charge is 2.14. The summed E-state index contributed by atoms with van der Waals surface area (Å²) < 4.78 is 37.3. The number of thiophene rings is 1. The summed E-state index contributed by atoms with van der Waals surface area (Å²) in [7, 11) is -0.252. The van der Waals surface area contributed by atoms with Crippen LogP contribution in [-0.4, -0.2) is 29.2 Å². The zero-order valence-electron chi connectivity index (χ0n) is 11.8. The lowest BCUT2D eigenvalue weighted by Crippen LogP contribution is -2.25. The molecule has 1 aromatic carbocycles. The second-order valence-electron chi connectivity index (χ2n) is 4.26. The van der Waals surface area contributed by atoms with Crippen molar-refractivity contribution in [3.63, 3.8) is 0 Å². The first kappa shape index (κ1) is 15.8. The minimum atomic E-state index is -3.42. The van der Waals surface area contributed by atoms with Gasteiger partial charge in [0.15, 0.2) is 0 Å². The summed E-state index contributed by atoms with van der Waals surface area (Å²) in [5, 5.41) is 1.74. The Morgan fingerprint density at radius 1 is 1.19 bits per heavy atom. The van der Waals surface area contributed by atoms with Crippen molar-refractivity contribution in [1.82, 2.24) is 4.72 Å². The quantitative estimate of drug-likeness (QED) is 0.847. The summed E-state index contributed by atoms with van der Waals surface area (Å²) in [6.07, 6.45) is 0.539. The lowest BCUT2D eigenvalue weighted by atomic mass is 10.1. The predicted octanol–water partition coefficient (Wildman–Crippen LogP) is 2.29. The number of rotatable bonds is 7. The molecule has 0 aliphatic heterocycles. The van der Waals surface area contributed by atoms with Gasteiger partial charge in [-0.25, -0.2) is 13.1 Å². The van der Waals surface area contributed by atoms with Crippen LogP contribution in [0.25, 0.3) is 0 Å². The van der Waals surface area contributed by atoms with Crippen LogP contribution in [-0.2, 0) is 16.4 Å². The molecule has 1 N–H and O–H groups in total. The van der Waals surface area contributed by atoms with Crippen LogP contribution in [0.15, 0.2) is 39.9 Å². The molecule has 0 bridgehead atoms. The fourth-order valence-corrected chi connectivity index (χ4v) is 3.94. The lowest BCUT2D eigenvalue weighted by Gasteiger charge is -2.10. The molecular formula is C14H17NO4S2. The highest BCUT2D eigenvalue weighted by Crippen LogP contribution is 2.25. The monoisotopic (exact) mass is 327 g/mol. The molecule has 0 aliphatic carbocycles. The van der Waals surface area contributed by atoms with Gasteiger partial charge in [0, 0.05) is 12.6 Å². The van der Waals surface area contributed by atoms with Gasteiger partial charge in [-0.2, -0.15) is 0 Å². The average molecular weight is 327 g/mol. The van der Waals surface area contributed by atoms with E-state index in [0.717, 1.165) is 5.56 Å². The van der Waals surface area contributed by atoms with Crippen LogP contribution < -0.4 is 14.2 Å². The molecule has 0 fully saturated rings. The minimum Gasteiger partial charge on any atom is -0.497 e. The SMILES string of the molecule is COc1ccc(CCNS(=O)(=O)c2cccs2)c(OC)c1. The zero-order valence-corrected chi connectivity index (χ0v) is 13.5. The van der Waals surface area contributed by atoms with E-state index in [2.05, 4.69) is 4.72 Å². The summed E-state index contributed by atoms with van der Waals surface area (Å²) in [5.74, 6) is 1.39. The van der Waals surface area contributed by atoms with Gasteiger partial charge >= 0.3 is 0 Å². The second kappa shape index (κ2) is 6.93. The average Bonchev–Trinajstić information content (AvgIpc) is 3.02. The summed E-state index contributed by atoms with van der Waals surface area (Å²) >= 11 is 1.20. The van der Waals surface area contributed by atoms with Crippen LogP contribution >= 0.6 is 11.3 Å². The van der Waals surface area contributed by atoms with Gasteiger partial charge < -0.3 is 9.47 Å². The molecule has 0 aliphatic rings. The van der Waals surface area contributed by atoms with Crippen molar-refractivity contribution in [1.29, 1.82) is 0 Å². The normalized spacial score (nSPS) is 11.3. The van der Waals surface area contributed by atoms with E-state index in [4.69, 9.17) is 9.47 Å². The Hall–Kier alpha value is -1.57. The van der Waals surface area contributed by atoms with Gasteiger partial charge in [-0.15, -0.1) is 11.3 Å². The molecule has 0 atom stereocenters. The predicted molar refractivity (Wildman–Crippen MR) is 82.8 cm³/mol. The maximum Gasteiger partial charge on any atom is 0.250 e. The number of hydrogen-bond donors (Lipinski definition) is 1. The molecule has 0 amide bonds. The largest absolute Gasteiger partial charge is 0.497 e. The number of hydrogen-bond acceptors (Lipinski definition) is 5. The van der Waals surface area contributed by atoms with Crippen LogP contribution in [0, 0.1) is 0 Å². The van der Waals surface area contributed by atoms with Crippen molar-refractivity contribution in [3.05, 3.63) is 41.3 Å². The van der Waals surface area contributed by atoms with E-state index in [1.807, 2.05) is 12.1 Å². The van der Waals surface area contributed by atoms with E-state index in [0.29, 0.717) is 28.7 Å². The van der Waals surface area contributed by atoms with Gasteiger partial charge in [0.1, 0.15) is 15.7 Å². The number of sulfonamides is 1. The second-order valence-corrected chi connectivity index (χ2v) is 7.20. The summed E-state index contributed by atoms with van der Waals surface area (Å²) in [4.78, 5) is 0. The van der Waals surface area contributed by atoms with Crippen LogP contribution in [0.5, 0.6) is 11.5 Å². The maximum absolute atomic E-state index is 12.0. The van der Waals surface area contributed by atoms with E-state index in [1.54, 1.807) is 37.8 Å². The summed E-state index contributed by atoms with van der Waals surface area (Å²) in [6.45, 7) is 0.308. The molecule has 2 aromatic rings. The summed E-state index contributed by atoms with van der Waals surface area (Å²) in [6, 6.07) is 8.78. The Labute approximate surface area is 128 Å². The van der Waals surface area contributed by atoms with Crippen molar-refractivity contribution in [2.24, 2.45) is 0 Å². The molecule has 1 aromatic heterocycles. The Kier molecular flexibility index (Phi) is 5.22. The highest BCUT2D eigenvalue weighted by molar-refractivity contribution is 7.91. The standard InChI is InChI=1S/C14H17NO4S2/c1-18-12-6-5-11(13(10-12)19-2)7-8-15-21(16,17)14-4-3-9-20-14/h3-6,9-10,15H,7-8H2,1-2H3. The van der Waals surface area contributed by atoms with Crippen molar-refractivity contribution >= 4 is 21.4 Å². The third-order valence-electron chi connectivity index (χ3n) is 2.94. The first-order valence-corrected chi connectivity index (χ1v) is 8.67. The Balaban J connectivity index is 2.01. The lowest BCUT2D eigenvalue weighted by molar-refractivity contribution is 0.391. The van der Waals surface area contributed by atoms with Gasteiger partial charge in [0.25, 0.3) is 0 Å². The molecule has 0 saturated carbocycles. The fourth-order valence-electron chi connectivity index (χ4n) is 1.87. The Morgan fingerprint density at radius 3 is 2.62 bits per heavy atom. The molecule has 1 heterocycles. The molecule has 0 unspecified atom stereocenters. The molecule has 21 heavy (non-hydrogen) atoms. The van der Waals surface area contributed by atoms with Gasteiger partial charge in [-0.05, 0) is 29.5 Å². The smallest absolute Gasteiger partial charge is 0.250 e. The number of nitrogens with one attached hydrogen (secondary N) is 1. The third-order valence-corrected chi connectivity index (χ3v) is 5.80. The van der Waals surface area contributed by atoms with Crippen molar-refractivity contribution in [2.75, 3.05) is 20.8 Å². The molecule has 7 heteroatoms. The first-order valence-electron chi connectivity index (χ1n) is 6.31. The molecule has 2 rings (SSSR count). The number of benzene rings is 1.